The summed E-state index contributed by atoms with van der Waals surface area (Å²) in [7, 11) is 0. The smallest absolute Gasteiger partial charge is 0.407 e. The van der Waals surface area contributed by atoms with Crippen LogP contribution in [0.15, 0.2) is 22.5 Å². The third-order valence-electron chi connectivity index (χ3n) is 5.61. The van der Waals surface area contributed by atoms with E-state index in [-0.39, 0.29) is 12.1 Å². The molecule has 31 heavy (non-hydrogen) atoms. The Morgan fingerprint density at radius 3 is 2.84 bits per heavy atom. The molecule has 0 aromatic carbocycles. The molecule has 1 aromatic rings. The lowest BCUT2D eigenvalue weighted by Crippen LogP contribution is -2.44. The van der Waals surface area contributed by atoms with Crippen molar-refractivity contribution >= 4 is 23.4 Å². The summed E-state index contributed by atoms with van der Waals surface area (Å²) in [6.07, 6.45) is 3.05. The first-order valence-electron chi connectivity index (χ1n) is 11.6. The van der Waals surface area contributed by atoms with Crippen molar-refractivity contribution in [2.45, 2.75) is 65.1 Å². The molecule has 2 N–H and O–H groups in total. The lowest BCUT2D eigenvalue weighted by atomic mass is 9.98. The fourth-order valence-electron chi connectivity index (χ4n) is 4.25. The molecule has 2 aliphatic rings. The highest BCUT2D eigenvalue weighted by Crippen LogP contribution is 2.21. The van der Waals surface area contributed by atoms with Crippen LogP contribution in [0.1, 0.15) is 51.8 Å². The van der Waals surface area contributed by atoms with Crippen molar-refractivity contribution in [1.82, 2.24) is 20.4 Å². The maximum atomic E-state index is 12.1. The summed E-state index contributed by atoms with van der Waals surface area (Å²) in [5, 5.41) is 8.60. The molecule has 1 aromatic heterocycles. The monoisotopic (exact) mass is 449 g/mol. The van der Waals surface area contributed by atoms with E-state index in [2.05, 4.69) is 44.9 Å². The van der Waals surface area contributed by atoms with Gasteiger partial charge >= 0.3 is 6.09 Å². The topological polar surface area (TPSA) is 69.2 Å². The molecule has 8 heteroatoms. The number of rotatable bonds is 6. The van der Waals surface area contributed by atoms with Gasteiger partial charge in [-0.3, -0.25) is 9.89 Å². The van der Waals surface area contributed by atoms with Gasteiger partial charge in [0.05, 0.1) is 6.04 Å². The Hall–Kier alpha value is -1.80. The van der Waals surface area contributed by atoms with Gasteiger partial charge < -0.3 is 20.3 Å². The first-order valence-corrected chi connectivity index (χ1v) is 12.5. The molecule has 0 radical (unpaired) electrons. The summed E-state index contributed by atoms with van der Waals surface area (Å²) in [5.41, 5.74) is -0.476. The Kier molecular flexibility index (Phi) is 8.60. The molecular weight excluding hydrogens is 410 g/mol. The van der Waals surface area contributed by atoms with Gasteiger partial charge in [0.1, 0.15) is 5.60 Å². The van der Waals surface area contributed by atoms with Gasteiger partial charge in [-0.25, -0.2) is 4.79 Å². The fourth-order valence-corrected chi connectivity index (χ4v) is 5.00. The van der Waals surface area contributed by atoms with E-state index >= 15 is 0 Å². The minimum atomic E-state index is -0.476. The van der Waals surface area contributed by atoms with Crippen molar-refractivity contribution < 1.29 is 9.53 Å². The molecular formula is C23H39N5O2S. The van der Waals surface area contributed by atoms with Crippen LogP contribution in [0.5, 0.6) is 0 Å². The zero-order chi connectivity index (χ0) is 22.3. The number of hydrogen-bond acceptors (Lipinski definition) is 5. The van der Waals surface area contributed by atoms with Crippen LogP contribution in [0.3, 0.4) is 0 Å². The number of nitrogens with zero attached hydrogens (tertiary/aromatic N) is 3. The second-order valence-electron chi connectivity index (χ2n) is 9.60. The van der Waals surface area contributed by atoms with Gasteiger partial charge in [-0.05, 0) is 70.9 Å². The molecule has 1 amide bonds. The fraction of sp³-hybridized carbons (Fsp3) is 0.739. The number of ether oxygens (including phenoxy) is 1. The number of likely N-dealkylation sites (tertiary alicyclic amines) is 2. The predicted octanol–water partition coefficient (Wildman–Crippen LogP) is 3.52. The second-order valence-corrected chi connectivity index (χ2v) is 10.6. The Labute approximate surface area is 191 Å². The molecule has 3 rings (SSSR count). The SMILES string of the molecule is CCNC(=NCC1CCCN(Cc2cccs2)C1)N1CCC(NC(=O)OC(C)(C)C)C1. The summed E-state index contributed by atoms with van der Waals surface area (Å²) in [6, 6.07) is 4.45. The van der Waals surface area contributed by atoms with Crippen molar-refractivity contribution in [3.8, 4) is 0 Å². The highest BCUT2D eigenvalue weighted by Gasteiger charge is 2.28. The van der Waals surface area contributed by atoms with Crippen molar-refractivity contribution in [1.29, 1.82) is 0 Å². The number of alkyl carbamates (subject to hydrolysis) is 1. The number of hydrogen-bond donors (Lipinski definition) is 2. The number of guanidine groups is 1. The van der Waals surface area contributed by atoms with E-state index < -0.39 is 5.60 Å². The average molecular weight is 450 g/mol. The van der Waals surface area contributed by atoms with Crippen LogP contribution < -0.4 is 10.6 Å². The van der Waals surface area contributed by atoms with Crippen molar-refractivity contribution in [2.24, 2.45) is 10.9 Å². The summed E-state index contributed by atoms with van der Waals surface area (Å²) in [6.45, 7) is 14.5. The Morgan fingerprint density at radius 2 is 2.13 bits per heavy atom. The molecule has 3 heterocycles. The second kappa shape index (κ2) is 11.2. The molecule has 2 atom stereocenters. The average Bonchev–Trinajstić information content (AvgIpc) is 3.36. The summed E-state index contributed by atoms with van der Waals surface area (Å²) in [5.74, 6) is 1.56. The highest BCUT2D eigenvalue weighted by atomic mass is 32.1. The van der Waals surface area contributed by atoms with Gasteiger partial charge in [-0.15, -0.1) is 11.3 Å². The van der Waals surface area contributed by atoms with E-state index in [9.17, 15) is 4.79 Å². The molecule has 174 valence electrons. The minimum absolute atomic E-state index is 0.0923. The molecule has 7 nitrogen and oxygen atoms in total. The molecule has 2 fully saturated rings. The molecule has 0 bridgehead atoms. The van der Waals surface area contributed by atoms with Crippen LogP contribution in [-0.2, 0) is 11.3 Å². The predicted molar refractivity (Wildman–Crippen MR) is 128 cm³/mol. The van der Waals surface area contributed by atoms with Crippen LogP contribution in [0.2, 0.25) is 0 Å². The molecule has 2 aliphatic heterocycles. The van der Waals surface area contributed by atoms with Gasteiger partial charge in [0, 0.05) is 44.1 Å². The van der Waals surface area contributed by atoms with Crippen LogP contribution in [0.4, 0.5) is 4.79 Å². The largest absolute Gasteiger partial charge is 0.444 e. The number of carbonyl (C=O) groups excluding carboxylic acids is 1. The standard InChI is InChI=1S/C23H39N5O2S/c1-5-24-21(28-12-10-19(16-28)26-22(29)30-23(2,3)4)25-14-18-8-6-11-27(15-18)17-20-9-7-13-31-20/h7,9,13,18-19H,5-6,8,10-12,14-17H2,1-4H3,(H,24,25)(H,26,29). The van der Waals surface area contributed by atoms with E-state index in [1.54, 1.807) is 0 Å². The van der Waals surface area contributed by atoms with E-state index in [4.69, 9.17) is 9.73 Å². The molecule has 2 saturated heterocycles. The number of nitrogens with one attached hydrogen (secondary N) is 2. The van der Waals surface area contributed by atoms with Crippen LogP contribution in [0.25, 0.3) is 0 Å². The zero-order valence-corrected chi connectivity index (χ0v) is 20.3. The lowest BCUT2D eigenvalue weighted by Gasteiger charge is -2.32. The quantitative estimate of drug-likeness (QED) is 0.514. The Morgan fingerprint density at radius 1 is 1.29 bits per heavy atom. The maximum Gasteiger partial charge on any atom is 0.407 e. The van der Waals surface area contributed by atoms with E-state index in [1.807, 2.05) is 32.1 Å². The number of thiophene rings is 1. The summed E-state index contributed by atoms with van der Waals surface area (Å²) in [4.78, 5) is 23.4. The number of amides is 1. The van der Waals surface area contributed by atoms with Crippen molar-refractivity contribution in [2.75, 3.05) is 39.3 Å². The van der Waals surface area contributed by atoms with Crippen molar-refractivity contribution in [3.05, 3.63) is 22.4 Å². The molecule has 2 unspecified atom stereocenters. The summed E-state index contributed by atoms with van der Waals surface area (Å²) < 4.78 is 5.40. The number of aliphatic imine (C=N–C) groups is 1. The van der Waals surface area contributed by atoms with Gasteiger partial charge in [-0.1, -0.05) is 6.07 Å². The van der Waals surface area contributed by atoms with Gasteiger partial charge in [0.25, 0.3) is 0 Å². The third kappa shape index (κ3) is 8.00. The Bertz CT molecular complexity index is 716. The minimum Gasteiger partial charge on any atom is -0.444 e. The van der Waals surface area contributed by atoms with Crippen molar-refractivity contribution in [3.63, 3.8) is 0 Å². The van der Waals surface area contributed by atoms with Gasteiger partial charge in [0.2, 0.25) is 0 Å². The summed E-state index contributed by atoms with van der Waals surface area (Å²) >= 11 is 1.84. The lowest BCUT2D eigenvalue weighted by molar-refractivity contribution is 0.0507. The first kappa shape index (κ1) is 23.9. The van der Waals surface area contributed by atoms with E-state index in [0.29, 0.717) is 5.92 Å². The molecule has 0 spiro atoms. The third-order valence-corrected chi connectivity index (χ3v) is 6.47. The molecule has 0 aliphatic carbocycles. The highest BCUT2D eigenvalue weighted by molar-refractivity contribution is 7.09. The van der Waals surface area contributed by atoms with Gasteiger partial charge in [-0.2, -0.15) is 0 Å². The number of carbonyl (C=O) groups is 1. The van der Waals surface area contributed by atoms with Crippen LogP contribution in [-0.4, -0.2) is 72.8 Å². The van der Waals surface area contributed by atoms with Crippen LogP contribution in [0, 0.1) is 5.92 Å². The Balaban J connectivity index is 1.50. The number of piperidine rings is 1. The molecule has 0 saturated carbocycles. The van der Waals surface area contributed by atoms with E-state index in [0.717, 1.165) is 51.6 Å². The van der Waals surface area contributed by atoms with Gasteiger partial charge in [0.15, 0.2) is 5.96 Å². The normalized spacial score (nSPS) is 23.1. The van der Waals surface area contributed by atoms with E-state index in [1.165, 1.54) is 24.3 Å². The zero-order valence-electron chi connectivity index (χ0n) is 19.5. The van der Waals surface area contributed by atoms with Crippen LogP contribution >= 0.6 is 11.3 Å². The maximum absolute atomic E-state index is 12.1. The first-order chi connectivity index (χ1) is 14.8.